The number of benzene rings is 2. The van der Waals surface area contributed by atoms with Crippen molar-refractivity contribution in [3.05, 3.63) is 70.8 Å². The Morgan fingerprint density at radius 1 is 0.625 bits per heavy atom. The molecule has 12 nitrogen and oxygen atoms in total. The number of hydrogen-bond donors (Lipinski definition) is 7. The van der Waals surface area contributed by atoms with Crippen molar-refractivity contribution in [3.8, 4) is 0 Å². The van der Waals surface area contributed by atoms with E-state index in [2.05, 4.69) is 5.32 Å². The summed E-state index contributed by atoms with van der Waals surface area (Å²) in [6.07, 6.45) is 8.97. The average Bonchev–Trinajstić information content (AvgIpc) is 3.19. The Kier molecular flexibility index (Phi) is 19.3. The number of carbonyl (C=O) groups excluding carboxylic acids is 1. The lowest BCUT2D eigenvalue weighted by Crippen LogP contribution is -2.21. The average molecular weight is 562 g/mol. The molecule has 1 heterocycles. The van der Waals surface area contributed by atoms with Crippen LogP contribution in [0.25, 0.3) is 0 Å². The van der Waals surface area contributed by atoms with Gasteiger partial charge in [-0.15, -0.1) is 0 Å². The third-order valence-electron chi connectivity index (χ3n) is 5.30. The quantitative estimate of drug-likeness (QED) is 0.219. The fourth-order valence-corrected chi connectivity index (χ4v) is 3.09. The van der Waals surface area contributed by atoms with Gasteiger partial charge in [0.1, 0.15) is 0 Å². The Morgan fingerprint density at radius 3 is 1.43 bits per heavy atom. The second kappa shape index (κ2) is 21.6. The molecule has 0 saturated carbocycles. The molecule has 1 aliphatic heterocycles. The van der Waals surface area contributed by atoms with Crippen LogP contribution in [0.15, 0.2) is 48.5 Å². The van der Waals surface area contributed by atoms with Gasteiger partial charge in [0, 0.05) is 13.0 Å². The number of carbonyl (C=O) groups is 5. The number of unbranched alkanes of at least 4 members (excludes halogenated alkanes) is 3. The molecule has 1 fully saturated rings. The van der Waals surface area contributed by atoms with Crippen LogP contribution < -0.4 is 16.8 Å². The fraction of sp³-hybridized carbons (Fsp3) is 0.393. The van der Waals surface area contributed by atoms with Crippen LogP contribution in [0.3, 0.4) is 0 Å². The molecule has 0 atom stereocenters. The Balaban J connectivity index is 0.000000517. The molecule has 0 unspecified atom stereocenters. The van der Waals surface area contributed by atoms with Crippen LogP contribution in [0.1, 0.15) is 92.8 Å². The minimum atomic E-state index is -1.13. The number of amides is 1. The molecule has 0 spiro atoms. The monoisotopic (exact) mass is 561 g/mol. The van der Waals surface area contributed by atoms with Crippen LogP contribution >= 0.6 is 0 Å². The van der Waals surface area contributed by atoms with Crippen molar-refractivity contribution in [1.29, 1.82) is 0 Å². The molecule has 2 aromatic rings. The maximum absolute atomic E-state index is 10.6. The third-order valence-corrected chi connectivity index (χ3v) is 5.30. The molecule has 1 aliphatic rings. The number of carboxylic acids is 4. The lowest BCUT2D eigenvalue weighted by atomic mass is 10.1. The van der Waals surface area contributed by atoms with E-state index in [1.54, 1.807) is 0 Å². The van der Waals surface area contributed by atoms with Gasteiger partial charge in [0.25, 0.3) is 0 Å². The maximum Gasteiger partial charge on any atom is 0.335 e. The van der Waals surface area contributed by atoms with Crippen LogP contribution in [0, 0.1) is 0 Å². The molecule has 12 heteroatoms. The van der Waals surface area contributed by atoms with E-state index in [4.69, 9.17) is 31.9 Å². The molecule has 0 aliphatic carbocycles. The van der Waals surface area contributed by atoms with Crippen molar-refractivity contribution in [3.63, 3.8) is 0 Å². The van der Waals surface area contributed by atoms with Crippen LogP contribution in [-0.2, 0) is 4.79 Å². The summed E-state index contributed by atoms with van der Waals surface area (Å²) >= 11 is 0. The Morgan fingerprint density at radius 2 is 1.05 bits per heavy atom. The zero-order chi connectivity index (χ0) is 30.3. The van der Waals surface area contributed by atoms with Gasteiger partial charge in [0.05, 0.1) is 22.3 Å². The molecule has 0 bridgehead atoms. The number of nitrogens with two attached hydrogens (primary N) is 2. The molecular weight excluding hydrogens is 522 g/mol. The molecular formula is C28H39N3O9. The Labute approximate surface area is 233 Å². The van der Waals surface area contributed by atoms with Crippen molar-refractivity contribution >= 4 is 29.8 Å². The highest BCUT2D eigenvalue weighted by Crippen LogP contribution is 2.05. The molecule has 40 heavy (non-hydrogen) atoms. The predicted molar refractivity (Wildman–Crippen MR) is 149 cm³/mol. The minimum absolute atomic E-state index is 0.0186. The summed E-state index contributed by atoms with van der Waals surface area (Å²) in [4.78, 5) is 52.0. The van der Waals surface area contributed by atoms with Crippen molar-refractivity contribution in [2.45, 2.75) is 51.4 Å². The zero-order valence-electron chi connectivity index (χ0n) is 22.4. The van der Waals surface area contributed by atoms with E-state index in [0.29, 0.717) is 0 Å². The van der Waals surface area contributed by atoms with Gasteiger partial charge in [0.15, 0.2) is 0 Å². The summed E-state index contributed by atoms with van der Waals surface area (Å²) in [5, 5.41) is 36.7. The lowest BCUT2D eigenvalue weighted by molar-refractivity contribution is -0.120. The molecule has 9 N–H and O–H groups in total. The van der Waals surface area contributed by atoms with Gasteiger partial charge in [0.2, 0.25) is 5.91 Å². The van der Waals surface area contributed by atoms with Crippen LogP contribution in [0.4, 0.5) is 0 Å². The maximum atomic E-state index is 10.6. The normalized spacial score (nSPS) is 11.9. The first-order valence-electron chi connectivity index (χ1n) is 12.8. The van der Waals surface area contributed by atoms with Crippen molar-refractivity contribution < 1.29 is 44.4 Å². The van der Waals surface area contributed by atoms with Crippen LogP contribution in [0.5, 0.6) is 0 Å². The highest BCUT2D eigenvalue weighted by molar-refractivity contribution is 5.93. The molecule has 0 radical (unpaired) electrons. The first-order valence-corrected chi connectivity index (χ1v) is 12.8. The number of aromatic carboxylic acids is 4. The first kappa shape index (κ1) is 35.7. The van der Waals surface area contributed by atoms with E-state index in [0.717, 1.165) is 57.8 Å². The van der Waals surface area contributed by atoms with Gasteiger partial charge in [-0.3, -0.25) is 4.79 Å². The van der Waals surface area contributed by atoms with Crippen molar-refractivity contribution in [2.24, 2.45) is 11.5 Å². The summed E-state index contributed by atoms with van der Waals surface area (Å²) < 4.78 is 0. The summed E-state index contributed by atoms with van der Waals surface area (Å²) in [5.41, 5.74) is 10.7. The van der Waals surface area contributed by atoms with E-state index < -0.39 is 23.9 Å². The van der Waals surface area contributed by atoms with Gasteiger partial charge in [-0.25, -0.2) is 19.2 Å². The molecule has 1 amide bonds. The van der Waals surface area contributed by atoms with Gasteiger partial charge >= 0.3 is 23.9 Å². The molecule has 3 rings (SSSR count). The second-order valence-electron chi connectivity index (χ2n) is 8.53. The Bertz CT molecular complexity index is 995. The van der Waals surface area contributed by atoms with Gasteiger partial charge in [-0.05, 0) is 81.2 Å². The lowest BCUT2D eigenvalue weighted by Gasteiger charge is -1.95. The van der Waals surface area contributed by atoms with Crippen molar-refractivity contribution in [2.75, 3.05) is 19.6 Å². The molecule has 220 valence electrons. The SMILES string of the molecule is NCCCCCCN.O=C(O)c1ccc(C(=O)O)cc1.O=C(O)c1cccc(C(=O)O)c1.O=C1CCCCCN1. The summed E-state index contributed by atoms with van der Waals surface area (Å²) in [6, 6.07) is 10.2. The van der Waals surface area contributed by atoms with Gasteiger partial charge < -0.3 is 37.2 Å². The van der Waals surface area contributed by atoms with E-state index in [1.807, 2.05) is 0 Å². The smallest absolute Gasteiger partial charge is 0.335 e. The largest absolute Gasteiger partial charge is 0.478 e. The van der Waals surface area contributed by atoms with E-state index in [1.165, 1.54) is 61.7 Å². The number of nitrogens with one attached hydrogen (secondary N) is 1. The zero-order valence-corrected chi connectivity index (χ0v) is 22.4. The standard InChI is InChI=1S/2C8H6O4.C6H16N2.C6H11NO/c9-7(10)5-1-2-6(4-3-5)8(11)12;9-7(10)5-2-1-3-6(4-5)8(11)12;7-5-3-1-2-4-6-8;8-6-4-2-1-3-5-7-6/h2*1-4H,(H,9,10)(H,11,12);1-8H2;1-5H2,(H,7,8). The first-order chi connectivity index (χ1) is 19.0. The summed E-state index contributed by atoms with van der Waals surface area (Å²) in [6.45, 7) is 2.54. The second-order valence-corrected chi connectivity index (χ2v) is 8.53. The Hall–Kier alpha value is -4.29. The number of hydrogen-bond acceptors (Lipinski definition) is 7. The van der Waals surface area contributed by atoms with Crippen LogP contribution in [-0.4, -0.2) is 69.8 Å². The number of carboxylic acid groups (broad SMARTS) is 4. The summed E-state index contributed by atoms with van der Waals surface area (Å²) in [7, 11) is 0. The van der Waals surface area contributed by atoms with E-state index >= 15 is 0 Å². The summed E-state index contributed by atoms with van der Waals surface area (Å²) in [5.74, 6) is -4.16. The van der Waals surface area contributed by atoms with Crippen molar-refractivity contribution in [1.82, 2.24) is 5.32 Å². The molecule has 2 aromatic carbocycles. The number of rotatable bonds is 9. The molecule has 1 saturated heterocycles. The minimum Gasteiger partial charge on any atom is -0.478 e. The topological polar surface area (TPSA) is 230 Å². The van der Waals surface area contributed by atoms with Crippen LogP contribution in [0.2, 0.25) is 0 Å². The fourth-order valence-electron chi connectivity index (χ4n) is 3.09. The van der Waals surface area contributed by atoms with Gasteiger partial charge in [-0.1, -0.05) is 25.3 Å². The van der Waals surface area contributed by atoms with E-state index in [-0.39, 0.29) is 28.2 Å². The highest BCUT2D eigenvalue weighted by Gasteiger charge is 2.07. The molecule has 0 aromatic heterocycles. The van der Waals surface area contributed by atoms with E-state index in [9.17, 15) is 24.0 Å². The third kappa shape index (κ3) is 17.3. The predicted octanol–water partition coefficient (Wildman–Crippen LogP) is 3.31. The highest BCUT2D eigenvalue weighted by atomic mass is 16.4. The van der Waals surface area contributed by atoms with Gasteiger partial charge in [-0.2, -0.15) is 0 Å².